The van der Waals surface area contributed by atoms with E-state index >= 15 is 0 Å². The lowest BCUT2D eigenvalue weighted by Gasteiger charge is -2.47. The van der Waals surface area contributed by atoms with Gasteiger partial charge < -0.3 is 19.3 Å². The number of carbonyl (C=O) groups excluding carboxylic acids is 1. The molecule has 2 aliphatic rings. The highest BCUT2D eigenvalue weighted by atomic mass is 16.6. The minimum absolute atomic E-state index is 0.156. The summed E-state index contributed by atoms with van der Waals surface area (Å²) in [5.74, 6) is 1.78. The molecule has 0 spiro atoms. The van der Waals surface area contributed by atoms with Gasteiger partial charge in [-0.25, -0.2) is 9.59 Å². The predicted octanol–water partition coefficient (Wildman–Crippen LogP) is 4.85. The van der Waals surface area contributed by atoms with E-state index in [1.165, 1.54) is 23.1 Å². The van der Waals surface area contributed by atoms with E-state index in [-0.39, 0.29) is 17.9 Å². The van der Waals surface area contributed by atoms with Gasteiger partial charge in [0.1, 0.15) is 6.04 Å². The number of ether oxygens (including phenoxy) is 3. The smallest absolute Gasteiger partial charge is 0.410 e. The van der Waals surface area contributed by atoms with Crippen molar-refractivity contribution < 1.29 is 28.9 Å². The summed E-state index contributed by atoms with van der Waals surface area (Å²) in [6.07, 6.45) is 2.73. The van der Waals surface area contributed by atoms with Crippen molar-refractivity contribution in [1.29, 1.82) is 0 Å². The number of carboxylic acids is 1. The summed E-state index contributed by atoms with van der Waals surface area (Å²) in [6, 6.07) is 3.54. The maximum atomic E-state index is 12.9. The highest BCUT2D eigenvalue weighted by molar-refractivity contribution is 5.79. The van der Waals surface area contributed by atoms with Gasteiger partial charge in [-0.1, -0.05) is 27.7 Å². The molecular weight excluding hydrogens is 460 g/mol. The van der Waals surface area contributed by atoms with E-state index in [4.69, 9.17) is 14.2 Å². The molecule has 3 rings (SSSR count). The fraction of sp³-hybridized carbons (Fsp3) is 0.714. The number of nitrogens with zero attached hydrogens (tertiary/aromatic N) is 2. The molecule has 2 heterocycles. The number of aliphatic carboxylic acids is 1. The van der Waals surface area contributed by atoms with Gasteiger partial charge in [0.05, 0.1) is 20.8 Å². The SMILES string of the molecule is COc1cc2c(cc1OC)C1CC(COC(=O)N(C)C(CC(C)C)C(=O)O)C(CC(C)C)CN1CC2. The summed E-state index contributed by atoms with van der Waals surface area (Å²) in [5.41, 5.74) is 2.54. The topological polar surface area (TPSA) is 88.5 Å². The van der Waals surface area contributed by atoms with Crippen molar-refractivity contribution in [2.75, 3.05) is 41.0 Å². The molecule has 0 aromatic heterocycles. The number of rotatable bonds is 10. The monoisotopic (exact) mass is 504 g/mol. The summed E-state index contributed by atoms with van der Waals surface area (Å²) in [7, 11) is 4.84. The quantitative estimate of drug-likeness (QED) is 0.487. The van der Waals surface area contributed by atoms with Gasteiger partial charge >= 0.3 is 12.1 Å². The van der Waals surface area contributed by atoms with Crippen LogP contribution in [0.3, 0.4) is 0 Å². The van der Waals surface area contributed by atoms with E-state index < -0.39 is 18.1 Å². The number of methoxy groups -OCH3 is 2. The number of hydrogen-bond acceptors (Lipinski definition) is 6. The molecule has 8 nitrogen and oxygen atoms in total. The molecule has 4 unspecified atom stereocenters. The third kappa shape index (κ3) is 6.44. The van der Waals surface area contributed by atoms with E-state index in [1.807, 2.05) is 13.8 Å². The van der Waals surface area contributed by atoms with E-state index in [0.29, 0.717) is 24.9 Å². The first-order chi connectivity index (χ1) is 17.0. The average molecular weight is 505 g/mol. The second kappa shape index (κ2) is 12.2. The summed E-state index contributed by atoms with van der Waals surface area (Å²) in [5, 5.41) is 9.63. The normalized spacial score (nSPS) is 22.5. The van der Waals surface area contributed by atoms with Gasteiger partial charge in [0.25, 0.3) is 0 Å². The number of carbonyl (C=O) groups is 2. The molecule has 0 saturated carbocycles. The van der Waals surface area contributed by atoms with Gasteiger partial charge in [-0.2, -0.15) is 0 Å². The minimum Gasteiger partial charge on any atom is -0.493 e. The van der Waals surface area contributed by atoms with Crippen molar-refractivity contribution in [2.45, 2.75) is 65.5 Å². The Kier molecular flexibility index (Phi) is 9.50. The van der Waals surface area contributed by atoms with Gasteiger partial charge in [-0.3, -0.25) is 9.80 Å². The second-order valence-corrected chi connectivity index (χ2v) is 11.2. The van der Waals surface area contributed by atoms with E-state index in [9.17, 15) is 14.7 Å². The van der Waals surface area contributed by atoms with Crippen LogP contribution in [0.15, 0.2) is 12.1 Å². The Hall–Kier alpha value is -2.48. The molecule has 1 N–H and O–H groups in total. The van der Waals surface area contributed by atoms with Gasteiger partial charge in [0.15, 0.2) is 11.5 Å². The van der Waals surface area contributed by atoms with Crippen LogP contribution in [-0.2, 0) is 16.0 Å². The van der Waals surface area contributed by atoms with Crippen LogP contribution < -0.4 is 9.47 Å². The number of fused-ring (bicyclic) bond motifs is 3. The van der Waals surface area contributed by atoms with Gasteiger partial charge in [0.2, 0.25) is 0 Å². The number of carboxylic acid groups (broad SMARTS) is 1. The Morgan fingerprint density at radius 2 is 1.75 bits per heavy atom. The van der Waals surface area contributed by atoms with E-state index in [2.05, 4.69) is 30.9 Å². The van der Waals surface area contributed by atoms with Crippen LogP contribution in [-0.4, -0.2) is 74.0 Å². The first-order valence-corrected chi connectivity index (χ1v) is 13.2. The Morgan fingerprint density at radius 1 is 1.08 bits per heavy atom. The van der Waals surface area contributed by atoms with Crippen molar-refractivity contribution in [2.24, 2.45) is 23.7 Å². The molecule has 1 aromatic carbocycles. The van der Waals surface area contributed by atoms with Crippen LogP contribution >= 0.6 is 0 Å². The Morgan fingerprint density at radius 3 is 2.33 bits per heavy atom. The van der Waals surface area contributed by atoms with Gasteiger partial charge in [-0.05, 0) is 72.6 Å². The molecule has 36 heavy (non-hydrogen) atoms. The summed E-state index contributed by atoms with van der Waals surface area (Å²) >= 11 is 0. The van der Waals surface area contributed by atoms with Gasteiger partial charge in [-0.15, -0.1) is 0 Å². The molecule has 1 aromatic rings. The first kappa shape index (κ1) is 28.1. The molecular formula is C28H44N2O6. The van der Waals surface area contributed by atoms with Crippen molar-refractivity contribution in [3.05, 3.63) is 23.3 Å². The van der Waals surface area contributed by atoms with Crippen LogP contribution in [0.5, 0.6) is 11.5 Å². The fourth-order valence-electron chi connectivity index (χ4n) is 5.86. The highest BCUT2D eigenvalue weighted by Gasteiger charge is 2.40. The zero-order chi connectivity index (χ0) is 26.6. The molecule has 1 fully saturated rings. The average Bonchev–Trinajstić information content (AvgIpc) is 2.83. The highest BCUT2D eigenvalue weighted by Crippen LogP contribution is 2.45. The van der Waals surface area contributed by atoms with Crippen molar-refractivity contribution in [3.8, 4) is 11.5 Å². The second-order valence-electron chi connectivity index (χ2n) is 11.2. The van der Waals surface area contributed by atoms with Crippen molar-refractivity contribution >= 4 is 12.1 Å². The number of piperidine rings is 1. The van der Waals surface area contributed by atoms with Crippen LogP contribution in [0.1, 0.15) is 64.1 Å². The maximum absolute atomic E-state index is 12.9. The lowest BCUT2D eigenvalue weighted by atomic mass is 9.74. The standard InChI is InChI=1S/C28H44N2O6/c1-17(2)10-20-15-30-9-8-19-13-25(34-6)26(35-7)14-22(19)23(30)12-21(20)16-36-28(33)29(5)24(27(31)32)11-18(3)4/h13-14,17-18,20-21,23-24H,8-12,15-16H2,1-7H3,(H,31,32). The Balaban J connectivity index is 1.78. The molecule has 8 heteroatoms. The molecule has 0 bridgehead atoms. The third-order valence-electron chi connectivity index (χ3n) is 7.71. The van der Waals surface area contributed by atoms with Crippen molar-refractivity contribution in [1.82, 2.24) is 9.80 Å². The minimum atomic E-state index is -1.00. The molecule has 0 aliphatic carbocycles. The third-order valence-corrected chi connectivity index (χ3v) is 7.71. The van der Waals surface area contributed by atoms with Crippen LogP contribution in [0.2, 0.25) is 0 Å². The lowest BCUT2D eigenvalue weighted by Crippen LogP contribution is -2.48. The molecule has 1 amide bonds. The summed E-state index contributed by atoms with van der Waals surface area (Å²) in [4.78, 5) is 28.4. The Bertz CT molecular complexity index is 918. The summed E-state index contributed by atoms with van der Waals surface area (Å²) < 4.78 is 16.9. The maximum Gasteiger partial charge on any atom is 0.410 e. The Labute approximate surface area is 215 Å². The summed E-state index contributed by atoms with van der Waals surface area (Å²) in [6.45, 7) is 10.6. The van der Waals surface area contributed by atoms with E-state index in [1.54, 1.807) is 14.2 Å². The molecule has 1 saturated heterocycles. The predicted molar refractivity (Wildman–Crippen MR) is 139 cm³/mol. The first-order valence-electron chi connectivity index (χ1n) is 13.2. The molecule has 2 aliphatic heterocycles. The number of amides is 1. The molecule has 0 radical (unpaired) electrons. The van der Waals surface area contributed by atoms with E-state index in [0.717, 1.165) is 43.9 Å². The number of likely N-dealkylation sites (N-methyl/N-ethyl adjacent to an activating group) is 1. The van der Waals surface area contributed by atoms with Crippen molar-refractivity contribution in [3.63, 3.8) is 0 Å². The van der Waals surface area contributed by atoms with Crippen LogP contribution in [0, 0.1) is 23.7 Å². The largest absolute Gasteiger partial charge is 0.493 e. The lowest BCUT2D eigenvalue weighted by molar-refractivity contribution is -0.143. The molecule has 4 atom stereocenters. The number of benzene rings is 1. The molecule has 202 valence electrons. The van der Waals surface area contributed by atoms with Crippen LogP contribution in [0.25, 0.3) is 0 Å². The zero-order valence-electron chi connectivity index (χ0n) is 23.0. The number of hydrogen-bond donors (Lipinski definition) is 1. The van der Waals surface area contributed by atoms with Crippen LogP contribution in [0.4, 0.5) is 4.79 Å². The zero-order valence-corrected chi connectivity index (χ0v) is 23.0. The fourth-order valence-corrected chi connectivity index (χ4v) is 5.86. The van der Waals surface area contributed by atoms with Gasteiger partial charge in [0, 0.05) is 26.2 Å².